The van der Waals surface area contributed by atoms with Gasteiger partial charge in [0.05, 0.1) is 24.0 Å². The van der Waals surface area contributed by atoms with E-state index in [0.29, 0.717) is 0 Å². The summed E-state index contributed by atoms with van der Waals surface area (Å²) in [7, 11) is 0. The molecule has 0 saturated carbocycles. The number of para-hydroxylation sites is 3. The first kappa shape index (κ1) is 16.9. The van der Waals surface area contributed by atoms with Gasteiger partial charge in [-0.3, -0.25) is 4.79 Å². The molecule has 0 spiro atoms. The van der Waals surface area contributed by atoms with Crippen molar-refractivity contribution in [3.05, 3.63) is 54.1 Å². The van der Waals surface area contributed by atoms with Gasteiger partial charge in [0.15, 0.2) is 0 Å². The minimum Gasteiger partial charge on any atom is -0.393 e. The van der Waals surface area contributed by atoms with Crippen molar-refractivity contribution in [2.75, 3.05) is 41.3 Å². The summed E-state index contributed by atoms with van der Waals surface area (Å²) in [5, 5.41) is 13.1. The highest BCUT2D eigenvalue weighted by molar-refractivity contribution is 5.98. The van der Waals surface area contributed by atoms with E-state index < -0.39 is 0 Å². The van der Waals surface area contributed by atoms with Gasteiger partial charge in [0.1, 0.15) is 0 Å². The van der Waals surface area contributed by atoms with Gasteiger partial charge in [0, 0.05) is 25.3 Å². The van der Waals surface area contributed by atoms with Crippen molar-refractivity contribution in [1.29, 1.82) is 0 Å². The second-order valence-corrected chi connectivity index (χ2v) is 7.01. The molecule has 0 atom stereocenters. The molecule has 5 heteroatoms. The predicted molar refractivity (Wildman–Crippen MR) is 105 cm³/mol. The number of piperidine rings is 1. The molecule has 2 aromatic carbocycles. The number of aliphatic hydroxyl groups is 1. The Hall–Kier alpha value is -2.53. The first-order chi connectivity index (χ1) is 12.7. The van der Waals surface area contributed by atoms with Crippen molar-refractivity contribution < 1.29 is 9.90 Å². The second kappa shape index (κ2) is 7.38. The van der Waals surface area contributed by atoms with Gasteiger partial charge in [-0.25, -0.2) is 0 Å². The third-order valence-corrected chi connectivity index (χ3v) is 5.33. The van der Waals surface area contributed by atoms with Gasteiger partial charge in [-0.05, 0) is 43.0 Å². The third kappa shape index (κ3) is 3.40. The molecule has 1 saturated heterocycles. The molecule has 1 amide bonds. The SMILES string of the molecule is O=C(CNc1ccccc1N1CCC(O)CC1)N1CCc2ccccc21. The molecule has 2 aromatic rings. The molecule has 26 heavy (non-hydrogen) atoms. The van der Waals surface area contributed by atoms with Gasteiger partial charge < -0.3 is 20.2 Å². The number of nitrogens with one attached hydrogen (secondary N) is 1. The van der Waals surface area contributed by atoms with E-state index in [1.165, 1.54) is 5.56 Å². The molecule has 0 unspecified atom stereocenters. The van der Waals surface area contributed by atoms with Crippen LogP contribution in [0.2, 0.25) is 0 Å². The molecule has 0 radical (unpaired) electrons. The fourth-order valence-corrected chi connectivity index (χ4v) is 3.87. The molecular weight excluding hydrogens is 326 g/mol. The summed E-state index contributed by atoms with van der Waals surface area (Å²) in [5.74, 6) is 0.0961. The number of anilines is 3. The summed E-state index contributed by atoms with van der Waals surface area (Å²) < 4.78 is 0. The van der Waals surface area contributed by atoms with E-state index in [9.17, 15) is 9.90 Å². The fraction of sp³-hybridized carbons (Fsp3) is 0.381. The second-order valence-electron chi connectivity index (χ2n) is 7.01. The van der Waals surface area contributed by atoms with Crippen molar-refractivity contribution in [1.82, 2.24) is 0 Å². The zero-order chi connectivity index (χ0) is 17.9. The van der Waals surface area contributed by atoms with Crippen molar-refractivity contribution in [3.8, 4) is 0 Å². The maximum absolute atomic E-state index is 12.7. The minimum absolute atomic E-state index is 0.0961. The lowest BCUT2D eigenvalue weighted by Gasteiger charge is -2.33. The van der Waals surface area contributed by atoms with E-state index in [-0.39, 0.29) is 18.6 Å². The number of amides is 1. The quantitative estimate of drug-likeness (QED) is 0.889. The van der Waals surface area contributed by atoms with Crippen LogP contribution in [-0.2, 0) is 11.2 Å². The van der Waals surface area contributed by atoms with Crippen LogP contribution in [0.15, 0.2) is 48.5 Å². The van der Waals surface area contributed by atoms with E-state index >= 15 is 0 Å². The van der Waals surface area contributed by atoms with Crippen LogP contribution < -0.4 is 15.1 Å². The predicted octanol–water partition coefficient (Wildman–Crippen LogP) is 2.65. The van der Waals surface area contributed by atoms with Crippen molar-refractivity contribution in [2.45, 2.75) is 25.4 Å². The van der Waals surface area contributed by atoms with E-state index in [4.69, 9.17) is 0 Å². The summed E-state index contributed by atoms with van der Waals surface area (Å²) in [6.45, 7) is 2.72. The Labute approximate surface area is 154 Å². The molecule has 2 aliphatic rings. The first-order valence-electron chi connectivity index (χ1n) is 9.36. The Morgan fingerprint density at radius 2 is 1.69 bits per heavy atom. The van der Waals surface area contributed by atoms with Gasteiger partial charge >= 0.3 is 0 Å². The highest BCUT2D eigenvalue weighted by atomic mass is 16.3. The van der Waals surface area contributed by atoms with E-state index in [1.807, 2.05) is 41.3 Å². The first-order valence-corrected chi connectivity index (χ1v) is 9.36. The number of hydrogen-bond donors (Lipinski definition) is 2. The summed E-state index contributed by atoms with van der Waals surface area (Å²) >= 11 is 0. The van der Waals surface area contributed by atoms with Crippen LogP contribution >= 0.6 is 0 Å². The highest BCUT2D eigenvalue weighted by Crippen LogP contribution is 2.30. The van der Waals surface area contributed by atoms with Crippen molar-refractivity contribution in [2.24, 2.45) is 0 Å². The zero-order valence-corrected chi connectivity index (χ0v) is 14.9. The third-order valence-electron chi connectivity index (χ3n) is 5.33. The maximum atomic E-state index is 12.7. The number of benzene rings is 2. The fourth-order valence-electron chi connectivity index (χ4n) is 3.87. The van der Waals surface area contributed by atoms with Gasteiger partial charge in [0.25, 0.3) is 0 Å². The standard InChI is InChI=1S/C21H25N3O2/c25-17-10-12-23(13-11-17)20-8-4-2-6-18(20)22-15-21(26)24-14-9-16-5-1-3-7-19(16)24/h1-8,17,22,25H,9-15H2. The lowest BCUT2D eigenvalue weighted by atomic mass is 10.1. The Morgan fingerprint density at radius 1 is 1.00 bits per heavy atom. The Bertz CT molecular complexity index is 784. The number of hydrogen-bond acceptors (Lipinski definition) is 4. The highest BCUT2D eigenvalue weighted by Gasteiger charge is 2.24. The normalized spacial score (nSPS) is 17.3. The number of fused-ring (bicyclic) bond motifs is 1. The molecule has 2 aliphatic heterocycles. The van der Waals surface area contributed by atoms with Crippen LogP contribution in [0.4, 0.5) is 17.1 Å². The molecule has 1 fully saturated rings. The molecule has 0 bridgehead atoms. The summed E-state index contributed by atoms with van der Waals surface area (Å²) in [6.07, 6.45) is 2.31. The monoisotopic (exact) mass is 351 g/mol. The zero-order valence-electron chi connectivity index (χ0n) is 14.9. The van der Waals surface area contributed by atoms with Gasteiger partial charge in [-0.2, -0.15) is 0 Å². The van der Waals surface area contributed by atoms with Crippen LogP contribution in [0.1, 0.15) is 18.4 Å². The molecule has 0 aliphatic carbocycles. The Balaban J connectivity index is 1.43. The summed E-state index contributed by atoms with van der Waals surface area (Å²) in [4.78, 5) is 16.9. The largest absolute Gasteiger partial charge is 0.393 e. The summed E-state index contributed by atoms with van der Waals surface area (Å²) in [5.41, 5.74) is 4.37. The van der Waals surface area contributed by atoms with Crippen LogP contribution in [0.5, 0.6) is 0 Å². The lowest BCUT2D eigenvalue weighted by molar-refractivity contribution is -0.116. The van der Waals surface area contributed by atoms with Gasteiger partial charge in [-0.1, -0.05) is 30.3 Å². The number of carbonyl (C=O) groups excluding carboxylic acids is 1. The van der Waals surface area contributed by atoms with Gasteiger partial charge in [0.2, 0.25) is 5.91 Å². The Kier molecular flexibility index (Phi) is 4.80. The van der Waals surface area contributed by atoms with Crippen LogP contribution in [-0.4, -0.2) is 43.3 Å². The number of aliphatic hydroxyl groups excluding tert-OH is 1. The minimum atomic E-state index is -0.191. The smallest absolute Gasteiger partial charge is 0.246 e. The molecule has 0 aromatic heterocycles. The average molecular weight is 351 g/mol. The summed E-state index contributed by atoms with van der Waals surface area (Å²) in [6, 6.07) is 16.2. The van der Waals surface area contributed by atoms with Crippen molar-refractivity contribution >= 4 is 23.0 Å². The number of nitrogens with zero attached hydrogens (tertiary/aromatic N) is 2. The molecule has 2 N–H and O–H groups in total. The van der Waals surface area contributed by atoms with Crippen LogP contribution in [0, 0.1) is 0 Å². The van der Waals surface area contributed by atoms with E-state index in [1.54, 1.807) is 0 Å². The molecule has 4 rings (SSSR count). The van der Waals surface area contributed by atoms with Crippen LogP contribution in [0.3, 0.4) is 0 Å². The topological polar surface area (TPSA) is 55.8 Å². The Morgan fingerprint density at radius 3 is 2.50 bits per heavy atom. The van der Waals surface area contributed by atoms with Gasteiger partial charge in [-0.15, -0.1) is 0 Å². The number of rotatable bonds is 4. The molecule has 2 heterocycles. The average Bonchev–Trinajstić information content (AvgIpc) is 3.11. The molecule has 5 nitrogen and oxygen atoms in total. The van der Waals surface area contributed by atoms with E-state index in [0.717, 1.165) is 56.0 Å². The number of carbonyl (C=O) groups is 1. The van der Waals surface area contributed by atoms with Crippen molar-refractivity contribution in [3.63, 3.8) is 0 Å². The molecule has 136 valence electrons. The van der Waals surface area contributed by atoms with Crippen LogP contribution in [0.25, 0.3) is 0 Å². The van der Waals surface area contributed by atoms with E-state index in [2.05, 4.69) is 22.3 Å². The maximum Gasteiger partial charge on any atom is 0.246 e. The molecular formula is C21H25N3O2. The lowest BCUT2D eigenvalue weighted by Crippen LogP contribution is -2.37.